The first-order chi connectivity index (χ1) is 15.1. The van der Waals surface area contributed by atoms with Crippen LogP contribution in [0.3, 0.4) is 0 Å². The third kappa shape index (κ3) is 3.02. The average Bonchev–Trinajstić information content (AvgIpc) is 3.31. The minimum Gasteiger partial charge on any atom is -0.508 e. The van der Waals surface area contributed by atoms with Gasteiger partial charge in [-0.25, -0.2) is 9.96 Å². The molecule has 31 heavy (non-hydrogen) atoms. The van der Waals surface area contributed by atoms with Crippen molar-refractivity contribution in [3.8, 4) is 11.5 Å². The highest BCUT2D eigenvalue weighted by Crippen LogP contribution is 2.49. The topological polar surface area (TPSA) is 79.3 Å². The predicted octanol–water partition coefficient (Wildman–Crippen LogP) is 3.45. The molecule has 7 heteroatoms. The van der Waals surface area contributed by atoms with Gasteiger partial charge in [0.1, 0.15) is 17.4 Å². The lowest BCUT2D eigenvalue weighted by Crippen LogP contribution is -2.37. The van der Waals surface area contributed by atoms with E-state index in [0.717, 1.165) is 4.90 Å². The zero-order valence-corrected chi connectivity index (χ0v) is 16.7. The number of ether oxygens (including phenoxy) is 1. The highest BCUT2D eigenvalue weighted by atomic mass is 16.7. The van der Waals surface area contributed by atoms with Crippen molar-refractivity contribution < 1.29 is 24.3 Å². The van der Waals surface area contributed by atoms with E-state index in [-0.39, 0.29) is 11.7 Å². The van der Waals surface area contributed by atoms with E-state index in [2.05, 4.69) is 0 Å². The molecule has 0 saturated carbocycles. The molecule has 0 bridgehead atoms. The largest absolute Gasteiger partial charge is 0.508 e. The summed E-state index contributed by atoms with van der Waals surface area (Å²) in [5.74, 6) is -0.934. The van der Waals surface area contributed by atoms with Crippen LogP contribution in [0.2, 0.25) is 0 Å². The summed E-state index contributed by atoms with van der Waals surface area (Å²) in [4.78, 5) is 34.0. The van der Waals surface area contributed by atoms with Gasteiger partial charge >= 0.3 is 0 Å². The maximum atomic E-state index is 13.5. The zero-order chi connectivity index (χ0) is 21.5. The zero-order valence-electron chi connectivity index (χ0n) is 16.7. The number of hydrogen-bond acceptors (Lipinski definition) is 6. The summed E-state index contributed by atoms with van der Waals surface area (Å²) in [7, 11) is 1.55. The summed E-state index contributed by atoms with van der Waals surface area (Å²) < 4.78 is 5.16. The van der Waals surface area contributed by atoms with E-state index >= 15 is 0 Å². The Morgan fingerprint density at radius 2 is 1.52 bits per heavy atom. The molecule has 3 aromatic rings. The smallest absolute Gasteiger partial charge is 0.266 e. The molecule has 2 fully saturated rings. The Morgan fingerprint density at radius 3 is 2.19 bits per heavy atom. The number of carbonyl (C=O) groups excluding carboxylic acids is 2. The second-order valence-corrected chi connectivity index (χ2v) is 7.43. The molecule has 1 N–H and O–H groups in total. The van der Waals surface area contributed by atoms with Crippen LogP contribution in [0.4, 0.5) is 11.4 Å². The van der Waals surface area contributed by atoms with Crippen molar-refractivity contribution in [2.24, 2.45) is 5.92 Å². The molecule has 2 saturated heterocycles. The van der Waals surface area contributed by atoms with Crippen molar-refractivity contribution in [1.29, 1.82) is 0 Å². The van der Waals surface area contributed by atoms with Crippen molar-refractivity contribution in [2.75, 3.05) is 17.1 Å². The van der Waals surface area contributed by atoms with E-state index < -0.39 is 24.0 Å². The summed E-state index contributed by atoms with van der Waals surface area (Å²) in [6.07, 6.45) is -0.987. The number of methoxy groups -OCH3 is 1. The van der Waals surface area contributed by atoms with Crippen molar-refractivity contribution in [2.45, 2.75) is 12.1 Å². The number of phenols is 1. The van der Waals surface area contributed by atoms with Gasteiger partial charge in [-0.05, 0) is 42.5 Å². The van der Waals surface area contributed by atoms with Gasteiger partial charge in [0.15, 0.2) is 6.10 Å². The van der Waals surface area contributed by atoms with Crippen LogP contribution < -0.4 is 14.7 Å². The molecule has 0 aromatic heterocycles. The Morgan fingerprint density at radius 1 is 0.839 bits per heavy atom. The number of anilines is 2. The number of imide groups is 1. The third-order valence-electron chi connectivity index (χ3n) is 5.71. The van der Waals surface area contributed by atoms with E-state index in [1.165, 1.54) is 0 Å². The van der Waals surface area contributed by atoms with Crippen molar-refractivity contribution in [3.05, 3.63) is 84.4 Å². The Hall–Kier alpha value is -3.84. The van der Waals surface area contributed by atoms with E-state index in [4.69, 9.17) is 9.57 Å². The summed E-state index contributed by atoms with van der Waals surface area (Å²) in [5.41, 5.74) is 1.68. The molecule has 0 aliphatic carbocycles. The second-order valence-electron chi connectivity index (χ2n) is 7.43. The monoisotopic (exact) mass is 416 g/mol. The fourth-order valence-electron chi connectivity index (χ4n) is 4.25. The Bertz CT molecular complexity index is 1130. The SMILES string of the molecule is COc1ccc(N2C(=O)[C@@H]3[C@@H](c4ccccc4O)N(c4ccccc4)O[C@H]3C2=O)cc1. The number of phenolic OH excluding ortho intramolecular Hbond substituents is 1. The summed E-state index contributed by atoms with van der Waals surface area (Å²) >= 11 is 0. The summed E-state index contributed by atoms with van der Waals surface area (Å²) in [6, 6.07) is 22.1. The van der Waals surface area contributed by atoms with Gasteiger partial charge < -0.3 is 9.84 Å². The van der Waals surface area contributed by atoms with Crippen molar-refractivity contribution in [3.63, 3.8) is 0 Å². The Balaban J connectivity index is 1.58. The lowest BCUT2D eigenvalue weighted by Gasteiger charge is -2.29. The van der Waals surface area contributed by atoms with Crippen LogP contribution in [-0.2, 0) is 14.4 Å². The van der Waals surface area contributed by atoms with Crippen LogP contribution >= 0.6 is 0 Å². The number of rotatable bonds is 4. The Kier molecular flexibility index (Phi) is 4.60. The Labute approximate surface area is 179 Å². The number of benzene rings is 3. The van der Waals surface area contributed by atoms with Crippen LogP contribution in [0.15, 0.2) is 78.9 Å². The summed E-state index contributed by atoms with van der Waals surface area (Å²) in [6.45, 7) is 0. The van der Waals surface area contributed by atoms with E-state index in [0.29, 0.717) is 22.7 Å². The van der Waals surface area contributed by atoms with Gasteiger partial charge in [0, 0.05) is 5.56 Å². The molecule has 0 unspecified atom stereocenters. The van der Waals surface area contributed by atoms with Gasteiger partial charge in [-0.15, -0.1) is 0 Å². The van der Waals surface area contributed by atoms with E-state index in [1.807, 2.05) is 30.3 Å². The normalized spacial score (nSPS) is 22.7. The molecule has 7 nitrogen and oxygen atoms in total. The maximum Gasteiger partial charge on any atom is 0.266 e. The molecule has 2 aliphatic rings. The maximum absolute atomic E-state index is 13.5. The fraction of sp³-hybridized carbons (Fsp3) is 0.167. The predicted molar refractivity (Wildman–Crippen MR) is 114 cm³/mol. The molecule has 3 aromatic carbocycles. The molecule has 2 heterocycles. The number of fused-ring (bicyclic) bond motifs is 1. The number of amides is 2. The van der Waals surface area contributed by atoms with Gasteiger partial charge in [0.05, 0.1) is 24.5 Å². The minimum atomic E-state index is -0.987. The number of para-hydroxylation sites is 2. The molecule has 0 radical (unpaired) electrons. The number of nitrogens with zero attached hydrogens (tertiary/aromatic N) is 2. The van der Waals surface area contributed by atoms with Gasteiger partial charge in [0.2, 0.25) is 5.91 Å². The quantitative estimate of drug-likeness (QED) is 0.657. The first-order valence-electron chi connectivity index (χ1n) is 9.91. The first-order valence-corrected chi connectivity index (χ1v) is 9.91. The van der Waals surface area contributed by atoms with Gasteiger partial charge in [-0.2, -0.15) is 0 Å². The van der Waals surface area contributed by atoms with Crippen LogP contribution in [-0.4, -0.2) is 30.1 Å². The first kappa shape index (κ1) is 19.1. The third-order valence-corrected chi connectivity index (χ3v) is 5.71. The number of carbonyl (C=O) groups is 2. The number of aromatic hydroxyl groups is 1. The van der Waals surface area contributed by atoms with Crippen LogP contribution in [0.1, 0.15) is 11.6 Å². The molecule has 156 valence electrons. The highest BCUT2D eigenvalue weighted by Gasteiger charge is 2.60. The number of hydrogen-bond donors (Lipinski definition) is 1. The number of hydroxylamine groups is 1. The molecular formula is C24H20N2O5. The van der Waals surface area contributed by atoms with E-state index in [9.17, 15) is 14.7 Å². The molecule has 5 rings (SSSR count). The average molecular weight is 416 g/mol. The van der Waals surface area contributed by atoms with Crippen LogP contribution in [0.25, 0.3) is 0 Å². The fourth-order valence-corrected chi connectivity index (χ4v) is 4.25. The standard InChI is InChI=1S/C24H20N2O5/c1-30-17-13-11-15(12-14-17)25-23(28)20-21(18-9-5-6-10-19(18)27)26(31-22(20)24(25)29)16-7-3-2-4-8-16/h2-14,20-22,27H,1H3/t20-,21-,22-/m1/s1. The summed E-state index contributed by atoms with van der Waals surface area (Å²) in [5, 5.41) is 12.1. The molecular weight excluding hydrogens is 396 g/mol. The van der Waals surface area contributed by atoms with Gasteiger partial charge in [-0.3, -0.25) is 14.4 Å². The van der Waals surface area contributed by atoms with Crippen molar-refractivity contribution >= 4 is 23.2 Å². The lowest BCUT2D eigenvalue weighted by molar-refractivity contribution is -0.126. The lowest BCUT2D eigenvalue weighted by atomic mass is 9.90. The molecule has 0 spiro atoms. The van der Waals surface area contributed by atoms with Crippen molar-refractivity contribution in [1.82, 2.24) is 0 Å². The second kappa shape index (κ2) is 7.45. The highest BCUT2D eigenvalue weighted by molar-refractivity contribution is 6.24. The minimum absolute atomic E-state index is 0.0424. The molecule has 3 atom stereocenters. The van der Waals surface area contributed by atoms with Gasteiger partial charge in [0.25, 0.3) is 5.91 Å². The van der Waals surface area contributed by atoms with E-state index in [1.54, 1.807) is 60.7 Å². The van der Waals surface area contributed by atoms with Crippen LogP contribution in [0.5, 0.6) is 11.5 Å². The van der Waals surface area contributed by atoms with Crippen LogP contribution in [0, 0.1) is 5.92 Å². The van der Waals surface area contributed by atoms with Gasteiger partial charge in [-0.1, -0.05) is 36.4 Å². The molecule has 2 amide bonds. The molecule has 2 aliphatic heterocycles.